The van der Waals surface area contributed by atoms with Crippen LogP contribution in [0.25, 0.3) is 10.6 Å². The number of carbonyl (C=O) groups excluding carboxylic acids is 1. The predicted octanol–water partition coefficient (Wildman–Crippen LogP) is 3.73. The molecule has 1 atom stereocenters. The Morgan fingerprint density at radius 3 is 2.79 bits per heavy atom. The second kappa shape index (κ2) is 9.99. The van der Waals surface area contributed by atoms with Crippen LogP contribution in [-0.4, -0.2) is 42.5 Å². The molecule has 1 fully saturated rings. The van der Waals surface area contributed by atoms with E-state index in [4.69, 9.17) is 0 Å². The largest absolute Gasteiger partial charge is 0.337 e. The number of halogens is 2. The van der Waals surface area contributed by atoms with Gasteiger partial charge >= 0.3 is 0 Å². The molecule has 1 unspecified atom stereocenters. The highest BCUT2D eigenvalue weighted by molar-refractivity contribution is 7.13. The number of nitrogens with one attached hydrogen (secondary N) is 1. The van der Waals surface area contributed by atoms with E-state index < -0.39 is 0 Å². The quantitative estimate of drug-likeness (QED) is 0.868. The summed E-state index contributed by atoms with van der Waals surface area (Å²) in [6.45, 7) is 2.64. The van der Waals surface area contributed by atoms with Gasteiger partial charge in [0, 0.05) is 24.0 Å². The van der Waals surface area contributed by atoms with Gasteiger partial charge in [0.25, 0.3) is 5.91 Å². The zero-order valence-electron chi connectivity index (χ0n) is 13.6. The predicted molar refractivity (Wildman–Crippen MR) is 105 cm³/mol. The molecule has 4 nitrogen and oxygen atoms in total. The summed E-state index contributed by atoms with van der Waals surface area (Å²) in [6.07, 6.45) is 2.27. The van der Waals surface area contributed by atoms with Crippen molar-refractivity contribution < 1.29 is 4.79 Å². The second-order valence-electron chi connectivity index (χ2n) is 5.72. The van der Waals surface area contributed by atoms with Gasteiger partial charge in [-0.2, -0.15) is 0 Å². The molecule has 0 radical (unpaired) electrons. The van der Waals surface area contributed by atoms with Gasteiger partial charge in [0.05, 0.1) is 0 Å². The van der Waals surface area contributed by atoms with E-state index in [2.05, 4.69) is 10.3 Å². The van der Waals surface area contributed by atoms with E-state index in [1.54, 1.807) is 0 Å². The van der Waals surface area contributed by atoms with Crippen molar-refractivity contribution in [1.29, 1.82) is 0 Å². The monoisotopic (exact) mass is 387 g/mol. The van der Waals surface area contributed by atoms with Crippen molar-refractivity contribution in [1.82, 2.24) is 15.2 Å². The molecular formula is C17H23Cl2N3OS. The Balaban J connectivity index is 0.00000144. The summed E-state index contributed by atoms with van der Waals surface area (Å²) in [5, 5.41) is 6.00. The van der Waals surface area contributed by atoms with E-state index in [1.165, 1.54) is 17.8 Å². The number of carbonyl (C=O) groups is 1. The summed E-state index contributed by atoms with van der Waals surface area (Å²) < 4.78 is 0. The van der Waals surface area contributed by atoms with Gasteiger partial charge in [-0.25, -0.2) is 4.98 Å². The van der Waals surface area contributed by atoms with Crippen molar-refractivity contribution in [3.8, 4) is 10.6 Å². The number of nitrogens with zero attached hydrogens (tertiary/aromatic N) is 2. The first-order valence-electron chi connectivity index (χ1n) is 7.72. The van der Waals surface area contributed by atoms with Gasteiger partial charge in [0.1, 0.15) is 10.7 Å². The molecule has 1 aromatic carbocycles. The molecule has 1 aromatic heterocycles. The first-order valence-corrected chi connectivity index (χ1v) is 8.60. The second-order valence-corrected chi connectivity index (χ2v) is 6.58. The minimum absolute atomic E-state index is 0. The molecule has 0 bridgehead atoms. The van der Waals surface area contributed by atoms with Crippen molar-refractivity contribution >= 4 is 42.1 Å². The number of aromatic nitrogens is 1. The lowest BCUT2D eigenvalue weighted by Gasteiger charge is -2.32. The maximum atomic E-state index is 12.6. The minimum atomic E-state index is 0. The molecule has 132 valence electrons. The summed E-state index contributed by atoms with van der Waals surface area (Å²) in [5.41, 5.74) is 1.65. The third kappa shape index (κ3) is 4.93. The van der Waals surface area contributed by atoms with Gasteiger partial charge in [0.15, 0.2) is 0 Å². The van der Waals surface area contributed by atoms with Crippen molar-refractivity contribution in [3.63, 3.8) is 0 Å². The van der Waals surface area contributed by atoms with Crippen molar-refractivity contribution in [3.05, 3.63) is 41.4 Å². The fourth-order valence-electron chi connectivity index (χ4n) is 2.95. The number of benzene rings is 1. The summed E-state index contributed by atoms with van der Waals surface area (Å²) in [5.74, 6) is 0.620. The molecule has 24 heavy (non-hydrogen) atoms. The van der Waals surface area contributed by atoms with E-state index >= 15 is 0 Å². The minimum Gasteiger partial charge on any atom is -0.337 e. The number of piperidine rings is 1. The number of amides is 1. The summed E-state index contributed by atoms with van der Waals surface area (Å²) >= 11 is 1.54. The van der Waals surface area contributed by atoms with Crippen LogP contribution < -0.4 is 5.32 Å². The lowest BCUT2D eigenvalue weighted by atomic mass is 9.98. The SMILES string of the molecule is CNCC1CCCN(C(=O)c2csc(-c3ccccc3)n2)C1.Cl.Cl. The highest BCUT2D eigenvalue weighted by Crippen LogP contribution is 2.25. The Morgan fingerprint density at radius 2 is 2.08 bits per heavy atom. The Bertz CT molecular complexity index is 634. The average Bonchev–Trinajstić information content (AvgIpc) is 3.05. The Morgan fingerprint density at radius 1 is 1.33 bits per heavy atom. The van der Waals surface area contributed by atoms with Crippen LogP contribution in [0, 0.1) is 5.92 Å². The van der Waals surface area contributed by atoms with Crippen LogP contribution in [0.1, 0.15) is 23.3 Å². The molecular weight excluding hydrogens is 365 g/mol. The van der Waals surface area contributed by atoms with Gasteiger partial charge in [0.2, 0.25) is 0 Å². The van der Waals surface area contributed by atoms with Gasteiger partial charge in [-0.3, -0.25) is 4.79 Å². The standard InChI is InChI=1S/C17H21N3OS.2ClH/c1-18-10-13-6-5-9-20(11-13)17(21)15-12-22-16(19-15)14-7-3-2-4-8-14;;/h2-4,7-8,12-13,18H,5-6,9-11H2,1H3;2*1H. The molecule has 1 N–H and O–H groups in total. The first kappa shape index (κ1) is 20.9. The van der Waals surface area contributed by atoms with Crippen LogP contribution in [0.4, 0.5) is 0 Å². The highest BCUT2D eigenvalue weighted by Gasteiger charge is 2.25. The molecule has 0 aliphatic carbocycles. The van der Waals surface area contributed by atoms with E-state index in [9.17, 15) is 4.79 Å². The molecule has 1 aliphatic heterocycles. The van der Waals surface area contributed by atoms with Crippen molar-refractivity contribution in [2.75, 3.05) is 26.7 Å². The molecule has 0 spiro atoms. The summed E-state index contributed by atoms with van der Waals surface area (Å²) in [6, 6.07) is 10.0. The van der Waals surface area contributed by atoms with Crippen molar-refractivity contribution in [2.24, 2.45) is 5.92 Å². The number of rotatable bonds is 4. The fraction of sp³-hybridized carbons (Fsp3) is 0.412. The van der Waals surface area contributed by atoms with Crippen LogP contribution in [0.2, 0.25) is 0 Å². The topological polar surface area (TPSA) is 45.2 Å². The van der Waals surface area contributed by atoms with E-state index in [0.717, 1.165) is 36.6 Å². The maximum absolute atomic E-state index is 12.6. The highest BCUT2D eigenvalue weighted by atomic mass is 35.5. The summed E-state index contributed by atoms with van der Waals surface area (Å²) in [4.78, 5) is 19.1. The van der Waals surface area contributed by atoms with Gasteiger partial charge in [-0.15, -0.1) is 36.2 Å². The Kier molecular flexibility index (Phi) is 8.70. The van der Waals surface area contributed by atoms with Gasteiger partial charge < -0.3 is 10.2 Å². The number of hydrogen-bond acceptors (Lipinski definition) is 4. The molecule has 1 saturated heterocycles. The zero-order valence-corrected chi connectivity index (χ0v) is 16.1. The van der Waals surface area contributed by atoms with Crippen LogP contribution >= 0.6 is 36.2 Å². The van der Waals surface area contributed by atoms with Crippen LogP contribution in [0.3, 0.4) is 0 Å². The van der Waals surface area contributed by atoms with E-state index in [-0.39, 0.29) is 30.7 Å². The van der Waals surface area contributed by atoms with Crippen molar-refractivity contribution in [2.45, 2.75) is 12.8 Å². The Hall–Kier alpha value is -1.14. The first-order chi connectivity index (χ1) is 10.8. The fourth-order valence-corrected chi connectivity index (χ4v) is 3.75. The van der Waals surface area contributed by atoms with E-state index in [0.29, 0.717) is 11.6 Å². The van der Waals surface area contributed by atoms with Gasteiger partial charge in [-0.1, -0.05) is 30.3 Å². The third-order valence-electron chi connectivity index (χ3n) is 4.04. The molecule has 7 heteroatoms. The molecule has 3 rings (SSSR count). The number of likely N-dealkylation sites (tertiary alicyclic amines) is 1. The van der Waals surface area contributed by atoms with Gasteiger partial charge in [-0.05, 0) is 32.4 Å². The number of hydrogen-bond donors (Lipinski definition) is 1. The summed E-state index contributed by atoms with van der Waals surface area (Å²) in [7, 11) is 1.97. The molecule has 0 saturated carbocycles. The molecule has 2 aromatic rings. The average molecular weight is 388 g/mol. The maximum Gasteiger partial charge on any atom is 0.273 e. The molecule has 1 aliphatic rings. The normalized spacial score (nSPS) is 16.9. The smallest absolute Gasteiger partial charge is 0.273 e. The van der Waals surface area contributed by atoms with Crippen LogP contribution in [-0.2, 0) is 0 Å². The van der Waals surface area contributed by atoms with Crippen LogP contribution in [0.15, 0.2) is 35.7 Å². The Labute approximate surface area is 159 Å². The lowest BCUT2D eigenvalue weighted by molar-refractivity contribution is 0.0669. The lowest BCUT2D eigenvalue weighted by Crippen LogP contribution is -2.42. The molecule has 2 heterocycles. The third-order valence-corrected chi connectivity index (χ3v) is 4.93. The van der Waals surface area contributed by atoms with E-state index in [1.807, 2.05) is 47.7 Å². The molecule has 1 amide bonds. The zero-order chi connectivity index (χ0) is 15.4. The number of thiazole rings is 1. The van der Waals surface area contributed by atoms with Crippen LogP contribution in [0.5, 0.6) is 0 Å².